The zero-order valence-electron chi connectivity index (χ0n) is 14.6. The largest absolute Gasteiger partial charge is 0.471 e. The predicted octanol–water partition coefficient (Wildman–Crippen LogP) is 3.12. The van der Waals surface area contributed by atoms with Crippen LogP contribution in [0.1, 0.15) is 35.8 Å². The Morgan fingerprint density at radius 3 is 2.38 bits per heavy atom. The molecule has 0 spiro atoms. The average Bonchev–Trinajstić information content (AvgIpc) is 2.58. The van der Waals surface area contributed by atoms with Gasteiger partial charge in [-0.25, -0.2) is 9.59 Å². The first-order valence-electron chi connectivity index (χ1n) is 7.52. The van der Waals surface area contributed by atoms with Crippen molar-refractivity contribution in [3.8, 4) is 0 Å². The summed E-state index contributed by atoms with van der Waals surface area (Å²) in [6, 6.07) is 2.84. The van der Waals surface area contributed by atoms with Crippen LogP contribution < -0.4 is 5.32 Å². The van der Waals surface area contributed by atoms with Crippen molar-refractivity contribution in [2.24, 2.45) is 0 Å². The molecule has 2 amide bonds. The highest BCUT2D eigenvalue weighted by Gasteiger charge is 2.43. The molecule has 0 saturated carbocycles. The minimum absolute atomic E-state index is 0.0284. The third-order valence-electron chi connectivity index (χ3n) is 3.58. The maximum Gasteiger partial charge on any atom is 0.471 e. The number of anilines is 1. The zero-order chi connectivity index (χ0) is 20.1. The first-order valence-corrected chi connectivity index (χ1v) is 7.52. The monoisotopic (exact) mass is 376 g/mol. The van der Waals surface area contributed by atoms with Crippen molar-refractivity contribution < 1.29 is 37.0 Å². The van der Waals surface area contributed by atoms with E-state index in [1.807, 2.05) is 0 Å². The van der Waals surface area contributed by atoms with Gasteiger partial charge in [-0.05, 0) is 31.5 Å². The lowest BCUT2D eigenvalue weighted by atomic mass is 10.0. The lowest BCUT2D eigenvalue weighted by molar-refractivity contribution is -0.186. The molecule has 0 aliphatic rings. The van der Waals surface area contributed by atoms with Crippen LogP contribution in [0, 0.1) is 0 Å². The van der Waals surface area contributed by atoms with Crippen molar-refractivity contribution in [2.45, 2.75) is 26.1 Å². The number of benzene rings is 1. The Morgan fingerprint density at radius 2 is 1.88 bits per heavy atom. The van der Waals surface area contributed by atoms with Gasteiger partial charge < -0.3 is 14.4 Å². The van der Waals surface area contributed by atoms with Crippen molar-refractivity contribution >= 4 is 23.7 Å². The van der Waals surface area contributed by atoms with Gasteiger partial charge in [-0.2, -0.15) is 13.2 Å². The first kappa shape index (κ1) is 21.3. The number of ether oxygens (including phenoxy) is 2. The Morgan fingerprint density at radius 1 is 1.27 bits per heavy atom. The Bertz CT molecular complexity index is 691. The summed E-state index contributed by atoms with van der Waals surface area (Å²) < 4.78 is 47.3. The van der Waals surface area contributed by atoms with E-state index in [2.05, 4.69) is 10.1 Å². The molecule has 1 aromatic carbocycles. The van der Waals surface area contributed by atoms with Crippen molar-refractivity contribution in [1.82, 2.24) is 4.90 Å². The maximum atomic E-state index is 12.7. The quantitative estimate of drug-likeness (QED) is 0.798. The van der Waals surface area contributed by atoms with Gasteiger partial charge in [0, 0.05) is 7.05 Å². The number of halogens is 3. The Hall–Kier alpha value is -2.78. The summed E-state index contributed by atoms with van der Waals surface area (Å²) in [6.07, 6.45) is -5.89. The van der Waals surface area contributed by atoms with Gasteiger partial charge in [0.2, 0.25) is 0 Å². The number of esters is 1. The number of alkyl halides is 3. The van der Waals surface area contributed by atoms with Gasteiger partial charge in [0.15, 0.2) is 0 Å². The molecule has 1 atom stereocenters. The molecule has 7 nitrogen and oxygen atoms in total. The number of hydrogen-bond acceptors (Lipinski definition) is 5. The minimum Gasteiger partial charge on any atom is -0.465 e. The molecule has 0 unspecified atom stereocenters. The van der Waals surface area contributed by atoms with E-state index >= 15 is 0 Å². The van der Waals surface area contributed by atoms with Crippen LogP contribution in [-0.4, -0.2) is 49.8 Å². The SMILES string of the molecule is CCOC(=O)Nc1cc(C(=O)OC)ccc1[C@@H](C)N(C)C(=O)C(F)(F)F. The lowest BCUT2D eigenvalue weighted by Gasteiger charge is -2.28. The van der Waals surface area contributed by atoms with E-state index in [1.54, 1.807) is 6.92 Å². The number of amides is 2. The van der Waals surface area contributed by atoms with Gasteiger partial charge in [-0.1, -0.05) is 6.07 Å². The summed E-state index contributed by atoms with van der Waals surface area (Å²) in [5.74, 6) is -2.74. The van der Waals surface area contributed by atoms with Crippen LogP contribution in [0.5, 0.6) is 0 Å². The summed E-state index contributed by atoms with van der Waals surface area (Å²) in [6.45, 7) is 3.00. The first-order chi connectivity index (χ1) is 12.0. The average molecular weight is 376 g/mol. The van der Waals surface area contributed by atoms with Crippen LogP contribution in [-0.2, 0) is 14.3 Å². The fourth-order valence-electron chi connectivity index (χ4n) is 2.14. The van der Waals surface area contributed by atoms with Gasteiger partial charge in [0.1, 0.15) is 0 Å². The Labute approximate surface area is 148 Å². The van der Waals surface area contributed by atoms with E-state index in [0.717, 1.165) is 14.2 Å². The molecule has 1 rings (SSSR count). The summed E-state index contributed by atoms with van der Waals surface area (Å²) in [4.78, 5) is 35.3. The summed E-state index contributed by atoms with van der Waals surface area (Å²) in [5, 5.41) is 2.36. The van der Waals surface area contributed by atoms with E-state index in [-0.39, 0.29) is 23.4 Å². The molecule has 0 aromatic heterocycles. The van der Waals surface area contributed by atoms with Gasteiger partial charge in [0.25, 0.3) is 0 Å². The fourth-order valence-corrected chi connectivity index (χ4v) is 2.14. The summed E-state index contributed by atoms with van der Waals surface area (Å²) >= 11 is 0. The van der Waals surface area contributed by atoms with E-state index in [1.165, 1.54) is 25.1 Å². The van der Waals surface area contributed by atoms with Crippen LogP contribution >= 0.6 is 0 Å². The van der Waals surface area contributed by atoms with Crippen LogP contribution in [0.25, 0.3) is 0 Å². The third kappa shape index (κ3) is 5.11. The van der Waals surface area contributed by atoms with Crippen molar-refractivity contribution in [3.05, 3.63) is 29.3 Å². The molecule has 10 heteroatoms. The molecule has 0 radical (unpaired) electrons. The Kier molecular flexibility index (Phi) is 6.99. The van der Waals surface area contributed by atoms with E-state index < -0.39 is 30.2 Å². The normalized spacial score (nSPS) is 12.1. The molecular weight excluding hydrogens is 357 g/mol. The predicted molar refractivity (Wildman–Crippen MR) is 85.7 cm³/mol. The van der Waals surface area contributed by atoms with Crippen LogP contribution in [0.4, 0.5) is 23.7 Å². The molecule has 0 saturated heterocycles. The second-order valence-corrected chi connectivity index (χ2v) is 5.23. The number of carbonyl (C=O) groups is 3. The number of nitrogens with one attached hydrogen (secondary N) is 1. The standard InChI is InChI=1S/C16H19F3N2O5/c1-5-26-15(24)20-12-8-10(13(22)25-4)6-7-11(12)9(2)21(3)14(23)16(17,18)19/h6-9H,5H2,1-4H3,(H,20,24)/t9-/m1/s1. The number of rotatable bonds is 5. The van der Waals surface area contributed by atoms with E-state index in [4.69, 9.17) is 4.74 Å². The summed E-state index contributed by atoms with van der Waals surface area (Å²) in [7, 11) is 2.15. The third-order valence-corrected chi connectivity index (χ3v) is 3.58. The molecule has 0 fully saturated rings. The molecule has 0 bridgehead atoms. The topological polar surface area (TPSA) is 84.9 Å². The number of carbonyl (C=O) groups excluding carboxylic acids is 3. The highest BCUT2D eigenvalue weighted by atomic mass is 19.4. The zero-order valence-corrected chi connectivity index (χ0v) is 14.6. The smallest absolute Gasteiger partial charge is 0.465 e. The molecule has 1 aromatic rings. The number of hydrogen-bond donors (Lipinski definition) is 1. The molecular formula is C16H19F3N2O5. The van der Waals surface area contributed by atoms with Gasteiger partial charge in [0.05, 0.1) is 31.0 Å². The second-order valence-electron chi connectivity index (χ2n) is 5.23. The highest BCUT2D eigenvalue weighted by Crippen LogP contribution is 2.31. The van der Waals surface area contributed by atoms with Crippen LogP contribution in [0.3, 0.4) is 0 Å². The molecule has 0 heterocycles. The van der Waals surface area contributed by atoms with Crippen molar-refractivity contribution in [1.29, 1.82) is 0 Å². The highest BCUT2D eigenvalue weighted by molar-refractivity contribution is 5.93. The van der Waals surface area contributed by atoms with E-state index in [9.17, 15) is 27.6 Å². The molecule has 0 aliphatic heterocycles. The van der Waals surface area contributed by atoms with Crippen molar-refractivity contribution in [2.75, 3.05) is 26.1 Å². The molecule has 26 heavy (non-hydrogen) atoms. The minimum atomic E-state index is -5.04. The summed E-state index contributed by atoms with van der Waals surface area (Å²) in [5.41, 5.74) is 0.284. The molecule has 0 aliphatic carbocycles. The Balaban J connectivity index is 3.28. The molecule has 144 valence electrons. The van der Waals surface area contributed by atoms with Gasteiger partial charge in [-0.15, -0.1) is 0 Å². The lowest BCUT2D eigenvalue weighted by Crippen LogP contribution is -2.40. The van der Waals surface area contributed by atoms with Crippen molar-refractivity contribution in [3.63, 3.8) is 0 Å². The van der Waals surface area contributed by atoms with Gasteiger partial charge >= 0.3 is 24.1 Å². The van der Waals surface area contributed by atoms with Gasteiger partial charge in [-0.3, -0.25) is 10.1 Å². The second kappa shape index (κ2) is 8.54. The molecule has 1 N–H and O–H groups in total. The fraction of sp³-hybridized carbons (Fsp3) is 0.438. The number of nitrogens with zero attached hydrogens (tertiary/aromatic N) is 1. The van der Waals surface area contributed by atoms with E-state index in [0.29, 0.717) is 4.90 Å². The maximum absolute atomic E-state index is 12.7. The van der Waals surface area contributed by atoms with Crippen LogP contribution in [0.2, 0.25) is 0 Å². The van der Waals surface area contributed by atoms with Crippen LogP contribution in [0.15, 0.2) is 18.2 Å². The number of methoxy groups -OCH3 is 1.